The van der Waals surface area contributed by atoms with Gasteiger partial charge < -0.3 is 4.57 Å². The van der Waals surface area contributed by atoms with E-state index in [0.29, 0.717) is 11.4 Å². The molecule has 0 radical (unpaired) electrons. The Morgan fingerprint density at radius 2 is 0.844 bits per heavy atom. The molecule has 0 aliphatic heterocycles. The van der Waals surface area contributed by atoms with Crippen LogP contribution in [-0.4, -0.2) is 18.7 Å². The third-order valence-electron chi connectivity index (χ3n) is 12.7. The maximum atomic E-state index is 9.49. The van der Waals surface area contributed by atoms with Crippen LogP contribution in [0.4, 0.5) is 0 Å². The second kappa shape index (κ2) is 13.6. The Morgan fingerprint density at radius 1 is 0.359 bits per heavy atom. The van der Waals surface area contributed by atoms with Gasteiger partial charge in [-0.3, -0.25) is 9.13 Å². The number of pyridine rings is 1. The second-order valence-electron chi connectivity index (χ2n) is 16.1. The molecule has 4 nitrogen and oxygen atoms in total. The molecule has 0 saturated heterocycles. The van der Waals surface area contributed by atoms with Crippen molar-refractivity contribution in [2.24, 2.45) is 0 Å². The molecule has 0 unspecified atom stereocenters. The molecule has 0 saturated carbocycles. The SMILES string of the molecule is [2H]c1c([2H])c([2H])c2c(c1[2H])c1c([2H])c([2H])c([2H])c([2H])c1n2-c1cc(-c2c(-c3ccc4c(c3)sc3ccccc34)cccc2-n2c3ccccc3c3ccccc32)cc(-n2c3ccccc3c3ccccc32)n1. The number of para-hydroxylation sites is 6. The van der Waals surface area contributed by atoms with Crippen LogP contribution in [0.3, 0.4) is 0 Å². The molecule has 0 spiro atoms. The van der Waals surface area contributed by atoms with Gasteiger partial charge in [-0.15, -0.1) is 11.3 Å². The smallest absolute Gasteiger partial charge is 0.140 e. The number of thiophene rings is 1. The average Bonchev–Trinajstić information content (AvgIpc) is 4.17. The molecular weight excluding hydrogens is 797 g/mol. The third-order valence-corrected chi connectivity index (χ3v) is 13.8. The van der Waals surface area contributed by atoms with E-state index in [4.69, 9.17) is 10.5 Å². The summed E-state index contributed by atoms with van der Waals surface area (Å²) in [5, 5.41) is 6.51. The maximum Gasteiger partial charge on any atom is 0.140 e. The zero-order valence-corrected chi connectivity index (χ0v) is 34.7. The lowest BCUT2D eigenvalue weighted by atomic mass is 9.92. The predicted octanol–water partition coefficient (Wildman–Crippen LogP) is 16.1. The summed E-state index contributed by atoms with van der Waals surface area (Å²) in [4.78, 5) is 5.47. The van der Waals surface area contributed by atoms with Gasteiger partial charge in [-0.1, -0.05) is 152 Å². The Bertz CT molecular complexity index is 4510. The predicted molar refractivity (Wildman–Crippen MR) is 271 cm³/mol. The quantitative estimate of drug-likeness (QED) is 0.170. The molecule has 0 N–H and O–H groups in total. The number of benzene rings is 9. The first-order chi connectivity index (χ1) is 35.1. The van der Waals surface area contributed by atoms with Crippen LogP contribution in [-0.2, 0) is 0 Å². The molecular formula is C59H36N4S. The topological polar surface area (TPSA) is 27.7 Å². The highest BCUT2D eigenvalue weighted by atomic mass is 32.1. The number of rotatable bonds is 5. The van der Waals surface area contributed by atoms with Crippen LogP contribution in [0.1, 0.15) is 11.0 Å². The highest BCUT2D eigenvalue weighted by Gasteiger charge is 2.23. The summed E-state index contributed by atoms with van der Waals surface area (Å²) >= 11 is 1.75. The van der Waals surface area contributed by atoms with E-state index >= 15 is 0 Å². The van der Waals surface area contributed by atoms with Crippen molar-refractivity contribution in [1.29, 1.82) is 0 Å². The summed E-state index contributed by atoms with van der Waals surface area (Å²) < 4.78 is 81.2. The molecule has 0 atom stereocenters. The van der Waals surface area contributed by atoms with Gasteiger partial charge in [0.2, 0.25) is 0 Å². The summed E-state index contributed by atoms with van der Waals surface area (Å²) in [6, 6.07) is 54.8. The Labute approximate surface area is 383 Å². The van der Waals surface area contributed by atoms with E-state index in [1.165, 1.54) is 20.0 Å². The fourth-order valence-electron chi connectivity index (χ4n) is 10.0. The summed E-state index contributed by atoms with van der Waals surface area (Å²) in [5.41, 5.74) is 8.08. The molecule has 5 aromatic heterocycles. The number of nitrogens with zero attached hydrogens (tertiary/aromatic N) is 4. The lowest BCUT2D eigenvalue weighted by Gasteiger charge is -2.21. The fraction of sp³-hybridized carbons (Fsp3) is 0. The van der Waals surface area contributed by atoms with Gasteiger partial charge in [0, 0.05) is 58.1 Å². The highest BCUT2D eigenvalue weighted by molar-refractivity contribution is 7.25. The monoisotopic (exact) mass is 840 g/mol. The van der Waals surface area contributed by atoms with Gasteiger partial charge >= 0.3 is 0 Å². The molecule has 64 heavy (non-hydrogen) atoms. The van der Waals surface area contributed by atoms with E-state index in [2.05, 4.69) is 124 Å². The van der Waals surface area contributed by atoms with E-state index in [0.717, 1.165) is 70.7 Å². The van der Waals surface area contributed by atoms with Gasteiger partial charge in [0.05, 0.1) is 49.8 Å². The van der Waals surface area contributed by atoms with Crippen LogP contribution in [0, 0.1) is 0 Å². The lowest BCUT2D eigenvalue weighted by molar-refractivity contribution is 1.01. The minimum atomic E-state index is -0.507. The summed E-state index contributed by atoms with van der Waals surface area (Å²) in [5.74, 6) is 0.682. The minimum absolute atomic E-state index is 0.00746. The van der Waals surface area contributed by atoms with E-state index in [1.54, 1.807) is 11.3 Å². The normalized spacial score (nSPS) is 13.8. The molecule has 0 amide bonds. The van der Waals surface area contributed by atoms with E-state index < -0.39 is 48.3 Å². The molecule has 14 aromatic rings. The highest BCUT2D eigenvalue weighted by Crippen LogP contribution is 2.45. The van der Waals surface area contributed by atoms with Crippen molar-refractivity contribution in [1.82, 2.24) is 18.7 Å². The molecule has 0 aliphatic carbocycles. The fourth-order valence-corrected chi connectivity index (χ4v) is 11.2. The van der Waals surface area contributed by atoms with Crippen molar-refractivity contribution in [3.8, 4) is 39.6 Å². The van der Waals surface area contributed by atoms with Gasteiger partial charge in [-0.05, 0) is 83.4 Å². The number of aromatic nitrogens is 4. The first-order valence-corrected chi connectivity index (χ1v) is 22.0. The molecule has 0 fully saturated rings. The maximum absolute atomic E-state index is 9.49. The molecule has 0 aliphatic rings. The molecule has 5 heteroatoms. The lowest BCUT2D eigenvalue weighted by Crippen LogP contribution is -2.06. The van der Waals surface area contributed by atoms with Crippen LogP contribution < -0.4 is 0 Å². The number of hydrogen-bond acceptors (Lipinski definition) is 2. The van der Waals surface area contributed by atoms with Crippen LogP contribution in [0.2, 0.25) is 0 Å². The first kappa shape index (κ1) is 28.4. The van der Waals surface area contributed by atoms with Crippen molar-refractivity contribution in [3.05, 3.63) is 218 Å². The van der Waals surface area contributed by atoms with Gasteiger partial charge in [0.15, 0.2) is 0 Å². The zero-order chi connectivity index (χ0) is 48.8. The molecule has 0 bridgehead atoms. The van der Waals surface area contributed by atoms with E-state index in [-0.39, 0.29) is 27.6 Å². The van der Waals surface area contributed by atoms with Crippen molar-refractivity contribution in [2.45, 2.75) is 0 Å². The second-order valence-corrected chi connectivity index (χ2v) is 17.2. The molecule has 5 heterocycles. The van der Waals surface area contributed by atoms with Crippen LogP contribution in [0.5, 0.6) is 0 Å². The summed E-state index contributed by atoms with van der Waals surface area (Å²) in [6.45, 7) is 0. The molecule has 9 aromatic carbocycles. The van der Waals surface area contributed by atoms with Gasteiger partial charge in [0.1, 0.15) is 11.6 Å². The van der Waals surface area contributed by atoms with Crippen molar-refractivity contribution in [2.75, 3.05) is 0 Å². The van der Waals surface area contributed by atoms with Gasteiger partial charge in [0.25, 0.3) is 0 Å². The first-order valence-electron chi connectivity index (χ1n) is 25.1. The largest absolute Gasteiger partial charge is 0.309 e. The van der Waals surface area contributed by atoms with Crippen molar-refractivity contribution in [3.63, 3.8) is 0 Å². The van der Waals surface area contributed by atoms with Crippen LogP contribution >= 0.6 is 11.3 Å². The summed E-state index contributed by atoms with van der Waals surface area (Å²) in [7, 11) is 0. The third kappa shape index (κ3) is 5.07. The minimum Gasteiger partial charge on any atom is -0.309 e. The van der Waals surface area contributed by atoms with Crippen LogP contribution in [0.25, 0.3) is 125 Å². The molecule has 298 valence electrons. The zero-order valence-electron chi connectivity index (χ0n) is 41.9. The Hall–Kier alpha value is -8.25. The Morgan fingerprint density at radius 3 is 1.44 bits per heavy atom. The van der Waals surface area contributed by atoms with Gasteiger partial charge in [-0.2, -0.15) is 0 Å². The van der Waals surface area contributed by atoms with Crippen molar-refractivity contribution >= 4 is 96.9 Å². The Kier molecular flexibility index (Phi) is 6.04. The number of fused-ring (bicyclic) bond motifs is 12. The standard InChI is InChI=1S/C59H36N4S/c1-8-24-48-40(16-1)41-17-2-9-25-49(41)61(48)54-30-15-23-39(37-32-33-47-46-22-7-14-31-55(46)64-56(47)34-37)59(54)38-35-57(62-50-26-10-3-18-42(50)43-19-4-11-27-51(43)62)60-58(36-38)63-52-28-12-5-20-44(52)45-21-6-13-29-53(45)63/h1-36H/i3D,4D,10D,11D,18D,19D,26D,27D. The Balaban J connectivity index is 1.19. The summed E-state index contributed by atoms with van der Waals surface area (Å²) in [6.07, 6.45) is 0. The van der Waals surface area contributed by atoms with Gasteiger partial charge in [-0.25, -0.2) is 4.98 Å². The van der Waals surface area contributed by atoms with E-state index in [1.807, 2.05) is 54.6 Å². The average molecular weight is 841 g/mol. The number of hydrogen-bond donors (Lipinski definition) is 0. The van der Waals surface area contributed by atoms with E-state index in [9.17, 15) is 5.48 Å². The van der Waals surface area contributed by atoms with Crippen LogP contribution in [0.15, 0.2) is 218 Å². The van der Waals surface area contributed by atoms with Crippen molar-refractivity contribution < 1.29 is 11.0 Å². The molecule has 14 rings (SSSR count).